The van der Waals surface area contributed by atoms with Gasteiger partial charge in [-0.15, -0.1) is 0 Å². The molecule has 2 N–H and O–H groups in total. The van der Waals surface area contributed by atoms with Crippen LogP contribution in [-0.4, -0.2) is 105 Å². The van der Waals surface area contributed by atoms with E-state index in [9.17, 15) is 24.4 Å². The van der Waals surface area contributed by atoms with Crippen molar-refractivity contribution in [3.63, 3.8) is 0 Å². The first-order valence-corrected chi connectivity index (χ1v) is 22.2. The molecule has 1 aliphatic carbocycles. The Bertz CT molecular complexity index is 2190. The summed E-state index contributed by atoms with van der Waals surface area (Å²) in [6.07, 6.45) is 7.62. The predicted octanol–water partition coefficient (Wildman–Crippen LogP) is 7.85. The maximum absolute atomic E-state index is 13.4. The minimum absolute atomic E-state index is 0.112. The molecule has 0 aromatic heterocycles. The van der Waals surface area contributed by atoms with Crippen molar-refractivity contribution in [2.45, 2.75) is 96.6 Å². The van der Waals surface area contributed by atoms with Gasteiger partial charge >= 0.3 is 0 Å². The molecule has 328 valence electrons. The highest BCUT2D eigenvalue weighted by Crippen LogP contribution is 2.48. The number of aldehydes is 2. The van der Waals surface area contributed by atoms with Crippen LogP contribution in [0.3, 0.4) is 0 Å². The van der Waals surface area contributed by atoms with E-state index in [1.165, 1.54) is 19.0 Å². The summed E-state index contributed by atoms with van der Waals surface area (Å²) in [7, 11) is 3.05. The van der Waals surface area contributed by atoms with Crippen LogP contribution < -0.4 is 15.1 Å². The van der Waals surface area contributed by atoms with E-state index in [2.05, 4.69) is 75.5 Å². The molecule has 2 amide bonds. The second kappa shape index (κ2) is 20.4. The zero-order chi connectivity index (χ0) is 44.6. The average molecular weight is 842 g/mol. The summed E-state index contributed by atoms with van der Waals surface area (Å²) in [5, 5.41) is 21.0. The van der Waals surface area contributed by atoms with E-state index in [0.717, 1.165) is 116 Å². The fourth-order valence-corrected chi connectivity index (χ4v) is 9.31. The number of hydrogen-bond acceptors (Lipinski definition) is 10. The molecule has 1 unspecified atom stereocenters. The van der Waals surface area contributed by atoms with Gasteiger partial charge in [0.25, 0.3) is 5.91 Å². The lowest BCUT2D eigenvalue weighted by Crippen LogP contribution is -2.48. The summed E-state index contributed by atoms with van der Waals surface area (Å²) in [5.74, 6) is 0.570. The highest BCUT2D eigenvalue weighted by atomic mass is 16.5. The number of carbonyl (C=O) groups excluding carboxylic acids is 4. The lowest BCUT2D eigenvalue weighted by molar-refractivity contribution is -0.121. The quantitative estimate of drug-likeness (QED) is 0.0742. The molecule has 2 aliphatic heterocycles. The molecule has 12 nitrogen and oxygen atoms in total. The number of piperidine rings is 2. The van der Waals surface area contributed by atoms with Crippen molar-refractivity contribution in [2.24, 2.45) is 5.92 Å². The number of amides is 2. The van der Waals surface area contributed by atoms with Crippen LogP contribution in [0.2, 0.25) is 0 Å². The predicted molar refractivity (Wildman–Crippen MR) is 245 cm³/mol. The highest BCUT2D eigenvalue weighted by Gasteiger charge is 2.44. The van der Waals surface area contributed by atoms with Gasteiger partial charge in [0, 0.05) is 80.1 Å². The molecule has 0 spiro atoms. The Morgan fingerprint density at radius 1 is 1.00 bits per heavy atom. The number of carbonyl (C=O) groups is 4. The van der Waals surface area contributed by atoms with E-state index in [1.54, 1.807) is 12.1 Å². The number of nitriles is 1. The number of ether oxygens (including phenoxy) is 1. The number of allylic oxidation sites excluding steroid dienone is 2. The highest BCUT2D eigenvalue weighted by molar-refractivity contribution is 6.21. The van der Waals surface area contributed by atoms with Crippen LogP contribution >= 0.6 is 0 Å². The normalized spacial score (nSPS) is 17.5. The SMILES string of the molecule is CCO/C(C)=C(\C(C)=N)c1ccc(C)c(N(CC2CCN(C3CCN(c4ccc(C(=O)N(C)C(C=O)CCC(=O)NC)c(C=O)c4)CC3)CC2)c2ccc(C3(C#N)CC3)cc2)c1. The van der Waals surface area contributed by atoms with Gasteiger partial charge in [0.2, 0.25) is 5.91 Å². The molecule has 3 fully saturated rings. The van der Waals surface area contributed by atoms with E-state index >= 15 is 0 Å². The summed E-state index contributed by atoms with van der Waals surface area (Å²) in [4.78, 5) is 57.9. The third kappa shape index (κ3) is 10.3. The van der Waals surface area contributed by atoms with E-state index in [4.69, 9.17) is 10.1 Å². The fourth-order valence-electron chi connectivity index (χ4n) is 9.31. The van der Waals surface area contributed by atoms with Crippen molar-refractivity contribution >= 4 is 52.7 Å². The first-order chi connectivity index (χ1) is 29.9. The Morgan fingerprint density at radius 2 is 1.69 bits per heavy atom. The van der Waals surface area contributed by atoms with Crippen LogP contribution in [0.1, 0.15) is 110 Å². The lowest BCUT2D eigenvalue weighted by atomic mass is 9.91. The zero-order valence-corrected chi connectivity index (χ0v) is 37.3. The first-order valence-electron chi connectivity index (χ1n) is 22.2. The Kier molecular flexibility index (Phi) is 15.0. The molecule has 2 saturated heterocycles. The molecule has 0 radical (unpaired) electrons. The summed E-state index contributed by atoms with van der Waals surface area (Å²) in [5.41, 5.74) is 7.76. The maximum atomic E-state index is 13.4. The smallest absolute Gasteiger partial charge is 0.254 e. The van der Waals surface area contributed by atoms with Gasteiger partial charge < -0.3 is 39.9 Å². The number of aryl methyl sites for hydroxylation is 1. The molecule has 3 aromatic rings. The number of anilines is 3. The van der Waals surface area contributed by atoms with Crippen LogP contribution in [0.5, 0.6) is 0 Å². The standard InChI is InChI=1S/C50H63N7O5/c1-7-62-36(4)48(35(3)52)38-9-8-34(2)46(29-38)57(42-12-10-40(11-13-42)50(33-51)22-23-50)30-37-18-24-55(25-19-37)41-20-26-56(27-21-41)43-14-16-45(39(28-43)31-58)49(61)54(6)44(32-59)15-17-47(60)53-5/h8-14,16,28-29,31-32,37,41,44,52H,7,15,17-27,30H2,1-6H3,(H,53,60)/b48-36+,52-35?. The maximum Gasteiger partial charge on any atom is 0.254 e. The number of nitrogens with one attached hydrogen (secondary N) is 2. The molecule has 6 rings (SSSR count). The molecular weight excluding hydrogens is 779 g/mol. The summed E-state index contributed by atoms with van der Waals surface area (Å²) in [6, 6.07) is 22.6. The molecule has 12 heteroatoms. The van der Waals surface area contributed by atoms with Gasteiger partial charge in [-0.2, -0.15) is 5.26 Å². The van der Waals surface area contributed by atoms with Crippen LogP contribution in [0.25, 0.3) is 5.57 Å². The fraction of sp³-hybridized carbons (Fsp3) is 0.480. The van der Waals surface area contributed by atoms with Gasteiger partial charge in [-0.25, -0.2) is 0 Å². The molecular formula is C50H63N7O5. The first kappa shape index (κ1) is 45.7. The van der Waals surface area contributed by atoms with Gasteiger partial charge in [0.05, 0.1) is 29.7 Å². The van der Waals surface area contributed by atoms with Crippen LogP contribution in [-0.2, 0) is 19.7 Å². The van der Waals surface area contributed by atoms with Crippen LogP contribution in [0.15, 0.2) is 66.4 Å². The van der Waals surface area contributed by atoms with Crippen molar-refractivity contribution in [3.05, 3.63) is 94.2 Å². The Labute approximate surface area is 367 Å². The third-order valence-corrected chi connectivity index (χ3v) is 13.3. The van der Waals surface area contributed by atoms with E-state index < -0.39 is 11.9 Å². The number of hydrogen-bond donors (Lipinski definition) is 2. The number of rotatable bonds is 18. The van der Waals surface area contributed by atoms with Gasteiger partial charge in [-0.3, -0.25) is 14.4 Å². The molecule has 0 bridgehead atoms. The minimum Gasteiger partial charge on any atom is -0.498 e. The lowest BCUT2D eigenvalue weighted by Gasteiger charge is -2.43. The van der Waals surface area contributed by atoms with Gasteiger partial charge in [-0.1, -0.05) is 24.3 Å². The Morgan fingerprint density at radius 3 is 2.27 bits per heavy atom. The van der Waals surface area contributed by atoms with Gasteiger partial charge in [0.1, 0.15) is 12.0 Å². The number of benzene rings is 3. The summed E-state index contributed by atoms with van der Waals surface area (Å²) >= 11 is 0. The van der Waals surface area contributed by atoms with Gasteiger partial charge in [0.15, 0.2) is 6.29 Å². The molecule has 3 aliphatic rings. The van der Waals surface area contributed by atoms with Crippen LogP contribution in [0.4, 0.5) is 17.1 Å². The molecule has 1 saturated carbocycles. The van der Waals surface area contributed by atoms with Crippen molar-refractivity contribution in [1.82, 2.24) is 15.1 Å². The van der Waals surface area contributed by atoms with Crippen molar-refractivity contribution < 1.29 is 23.9 Å². The number of likely N-dealkylation sites (N-methyl/N-ethyl adjacent to an activating group) is 1. The Hall–Kier alpha value is -5.80. The van der Waals surface area contributed by atoms with Crippen molar-refractivity contribution in [3.8, 4) is 6.07 Å². The molecule has 2 heterocycles. The van der Waals surface area contributed by atoms with E-state index in [0.29, 0.717) is 36.9 Å². The molecule has 3 aromatic carbocycles. The van der Waals surface area contributed by atoms with Crippen molar-refractivity contribution in [2.75, 3.05) is 63.2 Å². The number of likely N-dealkylation sites (tertiary alicyclic amines) is 1. The Balaban J connectivity index is 1.11. The second-order valence-corrected chi connectivity index (χ2v) is 17.3. The minimum atomic E-state index is -0.782. The average Bonchev–Trinajstić information content (AvgIpc) is 4.10. The summed E-state index contributed by atoms with van der Waals surface area (Å²) < 4.78 is 5.91. The molecule has 62 heavy (non-hydrogen) atoms. The van der Waals surface area contributed by atoms with Gasteiger partial charge in [-0.05, 0) is 145 Å². The largest absolute Gasteiger partial charge is 0.498 e. The molecule has 1 atom stereocenters. The topological polar surface area (TPSA) is 150 Å². The monoisotopic (exact) mass is 841 g/mol. The summed E-state index contributed by atoms with van der Waals surface area (Å²) in [6.45, 7) is 13.0. The zero-order valence-electron chi connectivity index (χ0n) is 37.3. The second-order valence-electron chi connectivity index (χ2n) is 17.3. The number of nitrogens with zero attached hydrogens (tertiary/aromatic N) is 5. The van der Waals surface area contributed by atoms with Crippen LogP contribution in [0, 0.1) is 29.6 Å². The van der Waals surface area contributed by atoms with Crippen molar-refractivity contribution in [1.29, 1.82) is 10.7 Å². The third-order valence-electron chi connectivity index (χ3n) is 13.3. The van der Waals surface area contributed by atoms with E-state index in [-0.39, 0.29) is 35.3 Å². The van der Waals surface area contributed by atoms with E-state index in [1.807, 2.05) is 26.8 Å².